The van der Waals surface area contributed by atoms with Crippen molar-refractivity contribution in [3.63, 3.8) is 0 Å². The van der Waals surface area contributed by atoms with E-state index in [0.29, 0.717) is 17.7 Å². The van der Waals surface area contributed by atoms with Crippen LogP contribution in [-0.2, 0) is 0 Å². The quantitative estimate of drug-likeness (QED) is 0.593. The zero-order valence-electron chi connectivity index (χ0n) is 12.6. The van der Waals surface area contributed by atoms with Crippen LogP contribution in [0.15, 0.2) is 12.1 Å². The molecule has 116 valence electrons. The van der Waals surface area contributed by atoms with E-state index in [0.717, 1.165) is 13.1 Å². The lowest BCUT2D eigenvalue weighted by molar-refractivity contribution is -0.384. The highest BCUT2D eigenvalue weighted by atomic mass is 16.6. The van der Waals surface area contributed by atoms with Crippen molar-refractivity contribution < 1.29 is 4.92 Å². The maximum atomic E-state index is 10.9. The van der Waals surface area contributed by atoms with E-state index in [4.69, 9.17) is 0 Å². The molecule has 0 atom stereocenters. The number of pyridine rings is 1. The second kappa shape index (κ2) is 7.21. The number of nitrogens with zero attached hydrogens (tertiary/aromatic N) is 3. The Morgan fingerprint density at radius 1 is 1.38 bits per heavy atom. The monoisotopic (exact) mass is 293 g/mol. The van der Waals surface area contributed by atoms with E-state index in [1.807, 2.05) is 0 Å². The van der Waals surface area contributed by atoms with Gasteiger partial charge >= 0.3 is 0 Å². The van der Waals surface area contributed by atoms with Crippen molar-refractivity contribution in [1.29, 1.82) is 0 Å². The lowest BCUT2D eigenvalue weighted by Crippen LogP contribution is -2.33. The summed E-state index contributed by atoms with van der Waals surface area (Å²) in [6, 6.07) is 3.57. The number of nitrogens with one attached hydrogen (secondary N) is 2. The van der Waals surface area contributed by atoms with Crippen LogP contribution in [0.2, 0.25) is 0 Å². The van der Waals surface area contributed by atoms with Crippen LogP contribution >= 0.6 is 0 Å². The summed E-state index contributed by atoms with van der Waals surface area (Å²) in [6.45, 7) is 1.63. The fourth-order valence-corrected chi connectivity index (χ4v) is 2.73. The summed E-state index contributed by atoms with van der Waals surface area (Å²) in [5.41, 5.74) is 0.0426. The first kappa shape index (κ1) is 15.5. The van der Waals surface area contributed by atoms with Gasteiger partial charge in [0.2, 0.25) is 0 Å². The Morgan fingerprint density at radius 3 is 2.67 bits per heavy atom. The second-order valence-corrected chi connectivity index (χ2v) is 5.45. The van der Waals surface area contributed by atoms with E-state index < -0.39 is 4.92 Å². The van der Waals surface area contributed by atoms with Gasteiger partial charge in [0.05, 0.1) is 17.1 Å². The van der Waals surface area contributed by atoms with Crippen LogP contribution in [0.4, 0.5) is 17.3 Å². The highest BCUT2D eigenvalue weighted by Crippen LogP contribution is 2.22. The Bertz CT molecular complexity index is 488. The minimum absolute atomic E-state index is 0.0426. The van der Waals surface area contributed by atoms with Gasteiger partial charge < -0.3 is 15.5 Å². The van der Waals surface area contributed by atoms with Gasteiger partial charge in [0, 0.05) is 26.2 Å². The van der Waals surface area contributed by atoms with Gasteiger partial charge in [0.25, 0.3) is 5.69 Å². The normalized spacial score (nSPS) is 15.4. The molecule has 0 aliphatic heterocycles. The molecule has 1 aromatic rings. The third kappa shape index (κ3) is 4.29. The molecule has 1 saturated carbocycles. The topological polar surface area (TPSA) is 83.3 Å². The fraction of sp³-hybridized carbons (Fsp3) is 0.643. The van der Waals surface area contributed by atoms with Gasteiger partial charge in [-0.25, -0.2) is 4.98 Å². The molecule has 1 heterocycles. The van der Waals surface area contributed by atoms with Crippen LogP contribution in [0.3, 0.4) is 0 Å². The standard InChI is InChI=1S/C14H23N5O2/c1-15-13-9-12(19(20)21)10-14(17-13)16-7-8-18(2)11-5-3-4-6-11/h9-11H,3-8H2,1-2H3,(H2,15,16,17). The first-order valence-corrected chi connectivity index (χ1v) is 7.38. The maximum absolute atomic E-state index is 10.9. The Kier molecular flexibility index (Phi) is 5.32. The molecule has 0 radical (unpaired) electrons. The number of likely N-dealkylation sites (N-methyl/N-ethyl adjacent to an activating group) is 1. The summed E-state index contributed by atoms with van der Waals surface area (Å²) < 4.78 is 0. The van der Waals surface area contributed by atoms with Gasteiger partial charge in [0.1, 0.15) is 11.6 Å². The summed E-state index contributed by atoms with van der Waals surface area (Å²) in [6.07, 6.45) is 5.19. The molecule has 0 spiro atoms. The van der Waals surface area contributed by atoms with Gasteiger partial charge in [-0.05, 0) is 19.9 Å². The summed E-state index contributed by atoms with van der Waals surface area (Å²) in [7, 11) is 3.83. The van der Waals surface area contributed by atoms with Gasteiger partial charge in [-0.3, -0.25) is 10.1 Å². The number of aromatic nitrogens is 1. The number of hydrogen-bond donors (Lipinski definition) is 2. The zero-order chi connectivity index (χ0) is 15.2. The van der Waals surface area contributed by atoms with Crippen LogP contribution < -0.4 is 10.6 Å². The molecular formula is C14H23N5O2. The molecule has 0 unspecified atom stereocenters. The highest BCUT2D eigenvalue weighted by Gasteiger charge is 2.19. The summed E-state index contributed by atoms with van der Waals surface area (Å²) in [5.74, 6) is 1.03. The van der Waals surface area contributed by atoms with Crippen molar-refractivity contribution in [3.05, 3.63) is 22.2 Å². The first-order chi connectivity index (χ1) is 10.1. The van der Waals surface area contributed by atoms with E-state index >= 15 is 0 Å². The fourth-order valence-electron chi connectivity index (χ4n) is 2.73. The largest absolute Gasteiger partial charge is 0.373 e. The van der Waals surface area contributed by atoms with Crippen molar-refractivity contribution in [2.75, 3.05) is 37.8 Å². The number of hydrogen-bond acceptors (Lipinski definition) is 6. The summed E-state index contributed by atoms with van der Waals surface area (Å²) >= 11 is 0. The van der Waals surface area contributed by atoms with Crippen LogP contribution in [0, 0.1) is 10.1 Å². The van der Waals surface area contributed by atoms with Gasteiger partial charge in [-0.1, -0.05) is 12.8 Å². The van der Waals surface area contributed by atoms with E-state index in [2.05, 4.69) is 27.6 Å². The van der Waals surface area contributed by atoms with E-state index in [1.54, 1.807) is 7.05 Å². The van der Waals surface area contributed by atoms with Crippen molar-refractivity contribution >= 4 is 17.3 Å². The van der Waals surface area contributed by atoms with Crippen LogP contribution in [-0.4, -0.2) is 48.0 Å². The SMILES string of the molecule is CNc1cc([N+](=O)[O-])cc(NCCN(C)C2CCCC2)n1. The molecule has 0 bridgehead atoms. The number of rotatable bonds is 7. The molecule has 1 aliphatic carbocycles. The lowest BCUT2D eigenvalue weighted by Gasteiger charge is -2.24. The first-order valence-electron chi connectivity index (χ1n) is 7.38. The molecule has 1 aromatic heterocycles. The van der Waals surface area contributed by atoms with E-state index in [9.17, 15) is 10.1 Å². The molecule has 0 saturated heterocycles. The Morgan fingerprint density at radius 2 is 2.05 bits per heavy atom. The Hall–Kier alpha value is -1.89. The molecule has 0 aromatic carbocycles. The average Bonchev–Trinajstić information content (AvgIpc) is 3.01. The van der Waals surface area contributed by atoms with Crippen molar-refractivity contribution in [1.82, 2.24) is 9.88 Å². The Labute approximate surface area is 124 Å². The predicted molar refractivity (Wildman–Crippen MR) is 83.8 cm³/mol. The number of anilines is 2. The average molecular weight is 293 g/mol. The van der Waals surface area contributed by atoms with Crippen molar-refractivity contribution in [2.24, 2.45) is 0 Å². The molecule has 0 amide bonds. The Balaban J connectivity index is 1.89. The molecule has 1 aliphatic rings. The molecule has 7 nitrogen and oxygen atoms in total. The zero-order valence-corrected chi connectivity index (χ0v) is 12.6. The summed E-state index contributed by atoms with van der Waals surface area (Å²) in [5, 5.41) is 16.9. The molecular weight excluding hydrogens is 270 g/mol. The van der Waals surface area contributed by atoms with Crippen LogP contribution in [0.5, 0.6) is 0 Å². The smallest absolute Gasteiger partial charge is 0.276 e. The molecule has 21 heavy (non-hydrogen) atoms. The van der Waals surface area contributed by atoms with Gasteiger partial charge in [-0.2, -0.15) is 0 Å². The highest BCUT2D eigenvalue weighted by molar-refractivity contribution is 5.54. The van der Waals surface area contributed by atoms with Gasteiger partial charge in [-0.15, -0.1) is 0 Å². The maximum Gasteiger partial charge on any atom is 0.276 e. The lowest BCUT2D eigenvalue weighted by atomic mass is 10.2. The third-order valence-electron chi connectivity index (χ3n) is 4.00. The second-order valence-electron chi connectivity index (χ2n) is 5.45. The molecule has 2 N–H and O–H groups in total. The van der Waals surface area contributed by atoms with Crippen LogP contribution in [0.1, 0.15) is 25.7 Å². The van der Waals surface area contributed by atoms with E-state index in [-0.39, 0.29) is 5.69 Å². The number of nitro groups is 1. The third-order valence-corrected chi connectivity index (χ3v) is 4.00. The minimum atomic E-state index is -0.404. The summed E-state index contributed by atoms with van der Waals surface area (Å²) in [4.78, 5) is 17.1. The molecule has 2 rings (SSSR count). The van der Waals surface area contributed by atoms with Crippen molar-refractivity contribution in [3.8, 4) is 0 Å². The molecule has 1 fully saturated rings. The van der Waals surface area contributed by atoms with E-state index in [1.165, 1.54) is 37.8 Å². The minimum Gasteiger partial charge on any atom is -0.373 e. The predicted octanol–water partition coefficient (Wildman–Crippen LogP) is 2.32. The van der Waals surface area contributed by atoms with Gasteiger partial charge in [0.15, 0.2) is 0 Å². The molecule has 7 heteroatoms. The van der Waals surface area contributed by atoms with Crippen LogP contribution in [0.25, 0.3) is 0 Å². The van der Waals surface area contributed by atoms with Crippen molar-refractivity contribution in [2.45, 2.75) is 31.7 Å².